The zero-order chi connectivity index (χ0) is 18.6. The van der Waals surface area contributed by atoms with Gasteiger partial charge in [0.1, 0.15) is 17.2 Å². The zero-order valence-electron chi connectivity index (χ0n) is 14.4. The first-order valence-electron chi connectivity index (χ1n) is 7.34. The Hall–Kier alpha value is -1.77. The fourth-order valence-electron chi connectivity index (χ4n) is 2.29. The van der Waals surface area contributed by atoms with Gasteiger partial charge < -0.3 is 14.2 Å². The fraction of sp³-hybridized carbons (Fsp3) is 0.294. The van der Waals surface area contributed by atoms with E-state index < -0.39 is 10.0 Å². The van der Waals surface area contributed by atoms with Crippen molar-refractivity contribution in [3.8, 4) is 17.2 Å². The largest absolute Gasteiger partial charge is 0.497 e. The molecule has 0 aliphatic carbocycles. The predicted octanol–water partition coefficient (Wildman–Crippen LogP) is 3.30. The standard InChI is InChI=1S/C17H20BrNO5S/c1-19(11-12-5-6-13(22-2)9-17(12)24-4)25(20,21)14-7-8-16(23-3)15(18)10-14/h5-10H,11H2,1-4H3. The van der Waals surface area contributed by atoms with Crippen LogP contribution in [0.1, 0.15) is 5.56 Å². The van der Waals surface area contributed by atoms with Gasteiger partial charge in [-0.2, -0.15) is 4.31 Å². The Morgan fingerprint density at radius 1 is 0.960 bits per heavy atom. The molecule has 0 aliphatic rings. The molecule has 2 aromatic carbocycles. The highest BCUT2D eigenvalue weighted by molar-refractivity contribution is 9.10. The highest BCUT2D eigenvalue weighted by atomic mass is 79.9. The van der Waals surface area contributed by atoms with Crippen molar-refractivity contribution in [2.75, 3.05) is 28.4 Å². The van der Waals surface area contributed by atoms with Crippen molar-refractivity contribution in [1.82, 2.24) is 4.31 Å². The molecule has 0 aliphatic heterocycles. The van der Waals surface area contributed by atoms with Gasteiger partial charge >= 0.3 is 0 Å². The summed E-state index contributed by atoms with van der Waals surface area (Å²) >= 11 is 3.31. The maximum atomic E-state index is 12.8. The van der Waals surface area contributed by atoms with Crippen molar-refractivity contribution < 1.29 is 22.6 Å². The number of hydrogen-bond acceptors (Lipinski definition) is 5. The first kappa shape index (κ1) is 19.6. The molecule has 0 unspecified atom stereocenters. The van der Waals surface area contributed by atoms with Crippen LogP contribution in [0.4, 0.5) is 0 Å². The van der Waals surface area contributed by atoms with Gasteiger partial charge in [0.15, 0.2) is 0 Å². The number of hydrogen-bond donors (Lipinski definition) is 0. The van der Waals surface area contributed by atoms with E-state index >= 15 is 0 Å². The van der Waals surface area contributed by atoms with Crippen LogP contribution in [0.3, 0.4) is 0 Å². The molecular formula is C17H20BrNO5S. The minimum absolute atomic E-state index is 0.166. The molecule has 6 nitrogen and oxygen atoms in total. The number of ether oxygens (including phenoxy) is 3. The molecule has 0 spiro atoms. The second-order valence-electron chi connectivity index (χ2n) is 5.24. The van der Waals surface area contributed by atoms with Gasteiger partial charge in [0.2, 0.25) is 10.0 Å². The van der Waals surface area contributed by atoms with Crippen LogP contribution in [0.15, 0.2) is 45.8 Å². The van der Waals surface area contributed by atoms with Crippen LogP contribution >= 0.6 is 15.9 Å². The van der Waals surface area contributed by atoms with Crippen LogP contribution in [0, 0.1) is 0 Å². The third-order valence-electron chi connectivity index (χ3n) is 3.72. The van der Waals surface area contributed by atoms with E-state index in [1.807, 2.05) is 0 Å². The number of rotatable bonds is 7. The van der Waals surface area contributed by atoms with Crippen molar-refractivity contribution in [1.29, 1.82) is 0 Å². The second-order valence-corrected chi connectivity index (χ2v) is 8.13. The van der Waals surface area contributed by atoms with E-state index in [1.54, 1.807) is 31.4 Å². The Kier molecular flexibility index (Phi) is 6.31. The Morgan fingerprint density at radius 2 is 1.64 bits per heavy atom. The molecule has 0 N–H and O–H groups in total. The number of halogens is 1. The summed E-state index contributed by atoms with van der Waals surface area (Å²) in [6, 6.07) is 9.92. The fourth-order valence-corrected chi connectivity index (χ4v) is 4.16. The summed E-state index contributed by atoms with van der Waals surface area (Å²) in [5.74, 6) is 1.78. The van der Waals surface area contributed by atoms with E-state index in [0.717, 1.165) is 5.56 Å². The molecule has 0 radical (unpaired) electrons. The molecule has 2 aromatic rings. The molecule has 0 saturated heterocycles. The first-order valence-corrected chi connectivity index (χ1v) is 9.57. The Balaban J connectivity index is 2.30. The molecule has 0 bridgehead atoms. The minimum Gasteiger partial charge on any atom is -0.497 e. The molecule has 25 heavy (non-hydrogen) atoms. The van der Waals surface area contributed by atoms with Crippen LogP contribution in [-0.4, -0.2) is 41.1 Å². The van der Waals surface area contributed by atoms with Gasteiger partial charge in [-0.3, -0.25) is 0 Å². The lowest BCUT2D eigenvalue weighted by Gasteiger charge is -2.19. The first-order chi connectivity index (χ1) is 11.8. The van der Waals surface area contributed by atoms with Gasteiger partial charge in [-0.25, -0.2) is 8.42 Å². The lowest BCUT2D eigenvalue weighted by Crippen LogP contribution is -2.26. The Labute approximate surface area is 156 Å². The second kappa shape index (κ2) is 8.07. The topological polar surface area (TPSA) is 65.1 Å². The van der Waals surface area contributed by atoms with Gasteiger partial charge in [0, 0.05) is 25.2 Å². The van der Waals surface area contributed by atoms with E-state index in [4.69, 9.17) is 14.2 Å². The summed E-state index contributed by atoms with van der Waals surface area (Å²) < 4.78 is 43.1. The van der Waals surface area contributed by atoms with Gasteiger partial charge in [0.05, 0.1) is 30.7 Å². The third-order valence-corrected chi connectivity index (χ3v) is 6.14. The summed E-state index contributed by atoms with van der Waals surface area (Å²) in [5, 5.41) is 0. The average molecular weight is 430 g/mol. The maximum absolute atomic E-state index is 12.8. The smallest absolute Gasteiger partial charge is 0.243 e. The molecule has 0 amide bonds. The van der Waals surface area contributed by atoms with E-state index in [9.17, 15) is 8.42 Å². The van der Waals surface area contributed by atoms with E-state index in [0.29, 0.717) is 21.7 Å². The van der Waals surface area contributed by atoms with Crippen molar-refractivity contribution in [2.24, 2.45) is 0 Å². The molecule has 0 saturated carbocycles. The number of sulfonamides is 1. The highest BCUT2D eigenvalue weighted by Gasteiger charge is 2.23. The van der Waals surface area contributed by atoms with Crippen molar-refractivity contribution in [2.45, 2.75) is 11.4 Å². The van der Waals surface area contributed by atoms with E-state index in [-0.39, 0.29) is 11.4 Å². The summed E-state index contributed by atoms with van der Waals surface area (Å²) in [4.78, 5) is 0.176. The zero-order valence-corrected chi connectivity index (χ0v) is 16.8. The summed E-state index contributed by atoms with van der Waals surface area (Å²) in [6.07, 6.45) is 0. The maximum Gasteiger partial charge on any atom is 0.243 e. The average Bonchev–Trinajstić information content (AvgIpc) is 2.61. The van der Waals surface area contributed by atoms with Gasteiger partial charge in [0.25, 0.3) is 0 Å². The van der Waals surface area contributed by atoms with Crippen LogP contribution in [-0.2, 0) is 16.6 Å². The number of methoxy groups -OCH3 is 3. The molecule has 8 heteroatoms. The lowest BCUT2D eigenvalue weighted by atomic mass is 10.2. The monoisotopic (exact) mass is 429 g/mol. The summed E-state index contributed by atoms with van der Waals surface area (Å²) in [6.45, 7) is 0.166. The lowest BCUT2D eigenvalue weighted by molar-refractivity contribution is 0.384. The van der Waals surface area contributed by atoms with Crippen LogP contribution < -0.4 is 14.2 Å². The van der Waals surface area contributed by atoms with Gasteiger partial charge in [-0.05, 0) is 40.2 Å². The Morgan fingerprint density at radius 3 is 2.20 bits per heavy atom. The molecule has 0 atom stereocenters. The SMILES string of the molecule is COc1ccc(CN(C)S(=O)(=O)c2ccc(OC)c(Br)c2)c(OC)c1. The Bertz CT molecular complexity index is 854. The van der Waals surface area contributed by atoms with Gasteiger partial charge in [-0.15, -0.1) is 0 Å². The van der Waals surface area contributed by atoms with Crippen LogP contribution in [0.2, 0.25) is 0 Å². The van der Waals surface area contributed by atoms with Crippen molar-refractivity contribution >= 4 is 26.0 Å². The number of benzene rings is 2. The van der Waals surface area contributed by atoms with Crippen LogP contribution in [0.25, 0.3) is 0 Å². The van der Waals surface area contributed by atoms with Crippen molar-refractivity contribution in [3.05, 3.63) is 46.4 Å². The summed E-state index contributed by atoms with van der Waals surface area (Å²) in [5.41, 5.74) is 0.738. The summed E-state index contributed by atoms with van der Waals surface area (Å²) in [7, 11) is 2.48. The molecule has 0 fully saturated rings. The van der Waals surface area contributed by atoms with Gasteiger partial charge in [-0.1, -0.05) is 6.07 Å². The third kappa shape index (κ3) is 4.26. The molecule has 2 rings (SSSR count). The molecule has 0 heterocycles. The van der Waals surface area contributed by atoms with E-state index in [1.165, 1.54) is 37.7 Å². The number of nitrogens with zero attached hydrogens (tertiary/aromatic N) is 1. The van der Waals surface area contributed by atoms with Crippen molar-refractivity contribution in [3.63, 3.8) is 0 Å². The predicted molar refractivity (Wildman–Crippen MR) is 98.9 cm³/mol. The quantitative estimate of drug-likeness (QED) is 0.675. The normalized spacial score (nSPS) is 11.4. The molecule has 0 aromatic heterocycles. The molecule has 136 valence electrons. The minimum atomic E-state index is -3.66. The molecular weight excluding hydrogens is 410 g/mol. The van der Waals surface area contributed by atoms with E-state index in [2.05, 4.69) is 15.9 Å². The highest BCUT2D eigenvalue weighted by Crippen LogP contribution is 2.30. The van der Waals surface area contributed by atoms with Crippen LogP contribution in [0.5, 0.6) is 17.2 Å².